The van der Waals surface area contributed by atoms with E-state index >= 15 is 0 Å². The normalized spacial score (nSPS) is 25.7. The Kier molecular flexibility index (Phi) is 4.40. The van der Waals surface area contributed by atoms with Gasteiger partial charge in [-0.25, -0.2) is 9.69 Å². The Labute approximate surface area is 151 Å². The van der Waals surface area contributed by atoms with Gasteiger partial charge in [-0.1, -0.05) is 12.8 Å². The number of hydrogen-bond acceptors (Lipinski definition) is 5. The second-order valence-corrected chi connectivity index (χ2v) is 8.20. The molecule has 1 aliphatic heterocycles. The van der Waals surface area contributed by atoms with Gasteiger partial charge in [-0.05, 0) is 51.0 Å². The van der Waals surface area contributed by atoms with Crippen molar-refractivity contribution in [2.75, 3.05) is 11.5 Å². The van der Waals surface area contributed by atoms with Crippen LogP contribution in [0.5, 0.6) is 0 Å². The van der Waals surface area contributed by atoms with Crippen molar-refractivity contribution in [2.45, 2.75) is 58.3 Å². The highest BCUT2D eigenvalue weighted by atomic mass is 32.1. The second kappa shape index (κ2) is 6.56. The zero-order chi connectivity index (χ0) is 17.6. The van der Waals surface area contributed by atoms with Crippen molar-refractivity contribution in [3.63, 3.8) is 0 Å². The fourth-order valence-electron chi connectivity index (χ4n) is 4.49. The molecule has 2 fully saturated rings. The van der Waals surface area contributed by atoms with Crippen LogP contribution in [0.4, 0.5) is 5.00 Å². The summed E-state index contributed by atoms with van der Waals surface area (Å²) in [5.41, 5.74) is 1.47. The molecule has 0 bridgehead atoms. The number of thiophene rings is 1. The zero-order valence-corrected chi connectivity index (χ0v) is 15.3. The topological polar surface area (TPSA) is 63.7 Å². The summed E-state index contributed by atoms with van der Waals surface area (Å²) in [7, 11) is 0. The molecule has 1 saturated carbocycles. The van der Waals surface area contributed by atoms with E-state index in [2.05, 4.69) is 0 Å². The van der Waals surface area contributed by atoms with Gasteiger partial charge in [0.1, 0.15) is 5.00 Å². The molecule has 1 saturated heterocycles. The average molecular weight is 361 g/mol. The molecule has 0 spiro atoms. The van der Waals surface area contributed by atoms with Crippen molar-refractivity contribution in [3.8, 4) is 0 Å². The van der Waals surface area contributed by atoms with Gasteiger partial charge < -0.3 is 4.74 Å². The van der Waals surface area contributed by atoms with Crippen LogP contribution >= 0.6 is 11.3 Å². The van der Waals surface area contributed by atoms with E-state index in [-0.39, 0.29) is 30.3 Å². The smallest absolute Gasteiger partial charge is 0.341 e. The summed E-state index contributed by atoms with van der Waals surface area (Å²) >= 11 is 1.45. The quantitative estimate of drug-likeness (QED) is 0.611. The van der Waals surface area contributed by atoms with Gasteiger partial charge in [0, 0.05) is 4.88 Å². The third-order valence-corrected chi connectivity index (χ3v) is 6.95. The SMILES string of the molecule is CCOC(=O)c1c(N2C(=O)[C@@H]3CCCC[C@H]3C2=O)sc2c1CCCC2. The van der Waals surface area contributed by atoms with Crippen molar-refractivity contribution in [3.05, 3.63) is 16.0 Å². The first-order valence-corrected chi connectivity index (χ1v) is 10.1. The summed E-state index contributed by atoms with van der Waals surface area (Å²) in [4.78, 5) is 41.0. The molecule has 1 aromatic heterocycles. The first-order chi connectivity index (χ1) is 12.1. The Balaban J connectivity index is 1.79. The molecule has 3 aliphatic rings. The first-order valence-electron chi connectivity index (χ1n) is 9.33. The monoisotopic (exact) mass is 361 g/mol. The number of carbonyl (C=O) groups is 3. The molecule has 6 heteroatoms. The lowest BCUT2D eigenvalue weighted by atomic mass is 9.81. The van der Waals surface area contributed by atoms with Crippen molar-refractivity contribution in [1.82, 2.24) is 0 Å². The van der Waals surface area contributed by atoms with E-state index in [1.165, 1.54) is 16.2 Å². The van der Waals surface area contributed by atoms with Gasteiger partial charge in [0.2, 0.25) is 11.8 Å². The van der Waals surface area contributed by atoms with Gasteiger partial charge in [0.05, 0.1) is 24.0 Å². The highest BCUT2D eigenvalue weighted by Gasteiger charge is 2.50. The third-order valence-electron chi connectivity index (χ3n) is 5.68. The van der Waals surface area contributed by atoms with Crippen molar-refractivity contribution in [2.24, 2.45) is 11.8 Å². The lowest BCUT2D eigenvalue weighted by molar-refractivity contribution is -0.122. The molecule has 0 radical (unpaired) electrons. The van der Waals surface area contributed by atoms with Gasteiger partial charge in [-0.3, -0.25) is 9.59 Å². The molecule has 1 aromatic rings. The number of fused-ring (bicyclic) bond motifs is 2. The van der Waals surface area contributed by atoms with Crippen LogP contribution in [0.1, 0.15) is 66.2 Å². The Morgan fingerprint density at radius 1 is 1.08 bits per heavy atom. The molecular weight excluding hydrogens is 338 g/mol. The summed E-state index contributed by atoms with van der Waals surface area (Å²) in [6.45, 7) is 2.06. The highest BCUT2D eigenvalue weighted by molar-refractivity contribution is 7.17. The minimum atomic E-state index is -0.396. The van der Waals surface area contributed by atoms with Crippen molar-refractivity contribution >= 4 is 34.1 Å². The van der Waals surface area contributed by atoms with Gasteiger partial charge in [0.25, 0.3) is 0 Å². The number of anilines is 1. The van der Waals surface area contributed by atoms with Crippen LogP contribution in [-0.4, -0.2) is 24.4 Å². The lowest BCUT2D eigenvalue weighted by Crippen LogP contribution is -2.31. The fraction of sp³-hybridized carbons (Fsp3) is 0.632. The standard InChI is InChI=1S/C19H23NO4S/c1-2-24-19(23)15-13-9-5-6-10-14(13)25-18(15)20-16(21)11-7-3-4-8-12(11)17(20)22/h11-12H,2-10H2,1H3/t11-,12-/m1/s1. The number of rotatable bonds is 3. The van der Waals surface area contributed by atoms with Crippen LogP contribution in [0.2, 0.25) is 0 Å². The van der Waals surface area contributed by atoms with Crippen LogP contribution in [0.25, 0.3) is 0 Å². The summed E-state index contributed by atoms with van der Waals surface area (Å²) < 4.78 is 5.26. The average Bonchev–Trinajstić information content (AvgIpc) is 3.11. The maximum atomic E-state index is 13.0. The molecule has 5 nitrogen and oxygen atoms in total. The van der Waals surface area contributed by atoms with E-state index in [4.69, 9.17) is 4.74 Å². The summed E-state index contributed by atoms with van der Waals surface area (Å²) in [6, 6.07) is 0. The summed E-state index contributed by atoms with van der Waals surface area (Å²) in [6.07, 6.45) is 7.42. The second-order valence-electron chi connectivity index (χ2n) is 7.12. The van der Waals surface area contributed by atoms with Crippen molar-refractivity contribution in [1.29, 1.82) is 0 Å². The maximum absolute atomic E-state index is 13.0. The molecule has 4 rings (SSSR count). The van der Waals surface area contributed by atoms with E-state index < -0.39 is 5.97 Å². The van der Waals surface area contributed by atoms with E-state index in [1.807, 2.05) is 0 Å². The Bertz CT molecular complexity index is 714. The minimum absolute atomic E-state index is 0.112. The number of nitrogens with zero attached hydrogens (tertiary/aromatic N) is 1. The largest absolute Gasteiger partial charge is 0.462 e. The van der Waals surface area contributed by atoms with E-state index in [9.17, 15) is 14.4 Å². The number of amides is 2. The van der Waals surface area contributed by atoms with E-state index in [1.54, 1.807) is 6.92 Å². The number of hydrogen-bond donors (Lipinski definition) is 0. The molecule has 25 heavy (non-hydrogen) atoms. The summed E-state index contributed by atoms with van der Waals surface area (Å²) in [5.74, 6) is -1.02. The van der Waals surface area contributed by atoms with Crippen LogP contribution in [0.3, 0.4) is 0 Å². The van der Waals surface area contributed by atoms with Gasteiger partial charge in [-0.2, -0.15) is 0 Å². The van der Waals surface area contributed by atoms with Crippen LogP contribution < -0.4 is 4.90 Å². The van der Waals surface area contributed by atoms with Crippen LogP contribution in [0, 0.1) is 11.8 Å². The number of aryl methyl sites for hydroxylation is 1. The Morgan fingerprint density at radius 3 is 2.36 bits per heavy atom. The Hall–Kier alpha value is -1.69. The predicted molar refractivity (Wildman–Crippen MR) is 94.9 cm³/mol. The van der Waals surface area contributed by atoms with Gasteiger partial charge >= 0.3 is 5.97 Å². The Morgan fingerprint density at radius 2 is 1.72 bits per heavy atom. The number of ether oxygens (including phenoxy) is 1. The third kappa shape index (κ3) is 2.62. The molecule has 2 atom stereocenters. The predicted octanol–water partition coefficient (Wildman–Crippen LogP) is 3.48. The summed E-state index contributed by atoms with van der Waals surface area (Å²) in [5, 5.41) is 0.523. The van der Waals surface area contributed by atoms with E-state index in [0.29, 0.717) is 10.6 Å². The molecule has 2 heterocycles. The first kappa shape index (κ1) is 16.8. The molecule has 2 aliphatic carbocycles. The minimum Gasteiger partial charge on any atom is -0.462 e. The fourth-order valence-corrected chi connectivity index (χ4v) is 5.87. The van der Waals surface area contributed by atoms with Crippen molar-refractivity contribution < 1.29 is 19.1 Å². The number of imide groups is 1. The van der Waals surface area contributed by atoms with E-state index in [0.717, 1.165) is 61.8 Å². The number of carbonyl (C=O) groups excluding carboxylic acids is 3. The van der Waals surface area contributed by atoms with Crippen LogP contribution in [-0.2, 0) is 27.2 Å². The van der Waals surface area contributed by atoms with Gasteiger partial charge in [-0.15, -0.1) is 11.3 Å². The van der Waals surface area contributed by atoms with Crippen LogP contribution in [0.15, 0.2) is 0 Å². The number of esters is 1. The zero-order valence-electron chi connectivity index (χ0n) is 14.5. The molecule has 0 N–H and O–H groups in total. The molecule has 0 unspecified atom stereocenters. The lowest BCUT2D eigenvalue weighted by Gasteiger charge is -2.19. The molecule has 2 amide bonds. The van der Waals surface area contributed by atoms with Gasteiger partial charge in [0.15, 0.2) is 0 Å². The maximum Gasteiger partial charge on any atom is 0.341 e. The molecule has 134 valence electrons. The molecular formula is C19H23NO4S. The molecule has 0 aromatic carbocycles. The highest BCUT2D eigenvalue weighted by Crippen LogP contribution is 2.46.